The van der Waals surface area contributed by atoms with Crippen molar-refractivity contribution in [2.75, 3.05) is 46.3 Å². The molecule has 1 atom stereocenters. The molecule has 2 aliphatic heterocycles. The van der Waals surface area contributed by atoms with Crippen molar-refractivity contribution in [1.29, 1.82) is 0 Å². The summed E-state index contributed by atoms with van der Waals surface area (Å²) in [7, 11) is -1.55. The van der Waals surface area contributed by atoms with Crippen molar-refractivity contribution < 1.29 is 13.2 Å². The van der Waals surface area contributed by atoms with Gasteiger partial charge in [-0.1, -0.05) is 30.3 Å². The second-order valence-electron chi connectivity index (χ2n) is 7.84. The van der Waals surface area contributed by atoms with Gasteiger partial charge in [-0.3, -0.25) is 4.79 Å². The molecule has 0 radical (unpaired) electrons. The first-order valence-electron chi connectivity index (χ1n) is 9.91. The van der Waals surface area contributed by atoms with Crippen molar-refractivity contribution in [2.45, 2.75) is 17.7 Å². The van der Waals surface area contributed by atoms with Crippen LogP contribution in [0.3, 0.4) is 0 Å². The molecule has 6 nitrogen and oxygen atoms in total. The van der Waals surface area contributed by atoms with Crippen LogP contribution in [-0.2, 0) is 14.8 Å². The Balaban J connectivity index is 1.52. The molecule has 2 aromatic rings. The second kappa shape index (κ2) is 7.81. The maximum Gasteiger partial charge on any atom is 0.243 e. The molecular weight excluding hydrogens is 374 g/mol. The van der Waals surface area contributed by atoms with E-state index >= 15 is 0 Å². The molecule has 2 fully saturated rings. The fourth-order valence-corrected chi connectivity index (χ4v) is 5.68. The third kappa shape index (κ3) is 3.79. The largest absolute Gasteiger partial charge is 0.340 e. The lowest BCUT2D eigenvalue weighted by Gasteiger charge is -2.37. The van der Waals surface area contributed by atoms with Gasteiger partial charge in [0.2, 0.25) is 15.9 Å². The van der Waals surface area contributed by atoms with Gasteiger partial charge >= 0.3 is 0 Å². The van der Waals surface area contributed by atoms with Crippen LogP contribution in [0.1, 0.15) is 12.8 Å². The number of hydrogen-bond acceptors (Lipinski definition) is 4. The number of rotatable bonds is 3. The third-order valence-electron chi connectivity index (χ3n) is 5.91. The second-order valence-corrected chi connectivity index (χ2v) is 9.78. The van der Waals surface area contributed by atoms with Gasteiger partial charge in [0.1, 0.15) is 0 Å². The van der Waals surface area contributed by atoms with Gasteiger partial charge in [-0.15, -0.1) is 0 Å². The number of sulfonamides is 1. The lowest BCUT2D eigenvalue weighted by Crippen LogP contribution is -2.52. The zero-order chi connectivity index (χ0) is 19.7. The van der Waals surface area contributed by atoms with E-state index < -0.39 is 10.0 Å². The van der Waals surface area contributed by atoms with Gasteiger partial charge in [-0.2, -0.15) is 4.31 Å². The SMILES string of the molecule is CN1CCN(C(=O)[C@@H]2CCCN(S(=O)(=O)c3ccc4ccccc4c3)C2)CC1. The van der Waals surface area contributed by atoms with Crippen LogP contribution in [0.15, 0.2) is 47.4 Å². The fourth-order valence-electron chi connectivity index (χ4n) is 4.12. The number of piperidine rings is 1. The molecule has 0 unspecified atom stereocenters. The van der Waals surface area contributed by atoms with Gasteiger partial charge in [0.25, 0.3) is 0 Å². The number of nitrogens with zero attached hydrogens (tertiary/aromatic N) is 3. The predicted molar refractivity (Wildman–Crippen MR) is 110 cm³/mol. The summed E-state index contributed by atoms with van der Waals surface area (Å²) in [6, 6.07) is 13.0. The molecule has 0 bridgehead atoms. The molecule has 0 saturated carbocycles. The lowest BCUT2D eigenvalue weighted by atomic mass is 9.98. The van der Waals surface area contributed by atoms with Crippen LogP contribution in [0.25, 0.3) is 10.8 Å². The summed E-state index contributed by atoms with van der Waals surface area (Å²) in [6.07, 6.45) is 1.48. The molecule has 1 amide bonds. The number of likely N-dealkylation sites (N-methyl/N-ethyl adjacent to an activating group) is 1. The van der Waals surface area contributed by atoms with E-state index in [2.05, 4.69) is 11.9 Å². The zero-order valence-electron chi connectivity index (χ0n) is 16.3. The van der Waals surface area contributed by atoms with Crippen LogP contribution in [0.4, 0.5) is 0 Å². The minimum absolute atomic E-state index is 0.103. The maximum atomic E-state index is 13.2. The summed E-state index contributed by atoms with van der Waals surface area (Å²) >= 11 is 0. The Morgan fingerprint density at radius 2 is 1.68 bits per heavy atom. The molecule has 0 spiro atoms. The Morgan fingerprint density at radius 1 is 0.964 bits per heavy atom. The van der Waals surface area contributed by atoms with E-state index in [-0.39, 0.29) is 18.4 Å². The van der Waals surface area contributed by atoms with Gasteiger partial charge in [0.05, 0.1) is 10.8 Å². The zero-order valence-corrected chi connectivity index (χ0v) is 17.1. The summed E-state index contributed by atoms with van der Waals surface area (Å²) in [5.41, 5.74) is 0. The normalized spacial score (nSPS) is 22.5. The van der Waals surface area contributed by atoms with E-state index in [1.54, 1.807) is 12.1 Å². The van der Waals surface area contributed by atoms with Crippen LogP contribution in [0.5, 0.6) is 0 Å². The van der Waals surface area contributed by atoms with Crippen LogP contribution in [0.2, 0.25) is 0 Å². The molecule has 2 aromatic carbocycles. The minimum atomic E-state index is -3.61. The third-order valence-corrected chi connectivity index (χ3v) is 7.77. The Labute approximate surface area is 166 Å². The van der Waals surface area contributed by atoms with Crippen molar-refractivity contribution in [2.24, 2.45) is 5.92 Å². The highest BCUT2D eigenvalue weighted by Crippen LogP contribution is 2.27. The number of carbonyl (C=O) groups excluding carboxylic acids is 1. The van der Waals surface area contributed by atoms with Gasteiger partial charge < -0.3 is 9.80 Å². The molecule has 0 aliphatic carbocycles. The first-order valence-corrected chi connectivity index (χ1v) is 11.4. The van der Waals surface area contributed by atoms with Crippen LogP contribution in [0, 0.1) is 5.92 Å². The van der Waals surface area contributed by atoms with E-state index in [4.69, 9.17) is 0 Å². The first kappa shape index (κ1) is 19.4. The molecule has 2 aliphatic rings. The van der Waals surface area contributed by atoms with E-state index in [1.807, 2.05) is 35.2 Å². The lowest BCUT2D eigenvalue weighted by molar-refractivity contribution is -0.138. The van der Waals surface area contributed by atoms with Crippen LogP contribution >= 0.6 is 0 Å². The number of hydrogen-bond donors (Lipinski definition) is 0. The summed E-state index contributed by atoms with van der Waals surface area (Å²) in [6.45, 7) is 3.95. The summed E-state index contributed by atoms with van der Waals surface area (Å²) in [5.74, 6) is -0.140. The molecule has 2 heterocycles. The van der Waals surface area contributed by atoms with E-state index in [0.29, 0.717) is 11.4 Å². The summed E-state index contributed by atoms with van der Waals surface area (Å²) in [5, 5.41) is 1.92. The minimum Gasteiger partial charge on any atom is -0.340 e. The highest BCUT2D eigenvalue weighted by atomic mass is 32.2. The van der Waals surface area contributed by atoms with Crippen molar-refractivity contribution in [3.8, 4) is 0 Å². The highest BCUT2D eigenvalue weighted by Gasteiger charge is 2.35. The van der Waals surface area contributed by atoms with Gasteiger partial charge in [0.15, 0.2) is 0 Å². The van der Waals surface area contributed by atoms with Gasteiger partial charge in [-0.25, -0.2) is 8.42 Å². The molecule has 0 aromatic heterocycles. The summed E-state index contributed by atoms with van der Waals surface area (Å²) < 4.78 is 27.9. The summed E-state index contributed by atoms with van der Waals surface area (Å²) in [4.78, 5) is 17.3. The van der Waals surface area contributed by atoms with Crippen molar-refractivity contribution >= 4 is 26.7 Å². The van der Waals surface area contributed by atoms with E-state index in [0.717, 1.165) is 49.8 Å². The number of benzene rings is 2. The molecule has 2 saturated heterocycles. The van der Waals surface area contributed by atoms with Crippen LogP contribution in [-0.4, -0.2) is 74.7 Å². The quantitative estimate of drug-likeness (QED) is 0.790. The number of amides is 1. The predicted octanol–water partition coefficient (Wildman–Crippen LogP) is 2.01. The smallest absolute Gasteiger partial charge is 0.243 e. The number of piperazine rings is 1. The highest BCUT2D eigenvalue weighted by molar-refractivity contribution is 7.89. The topological polar surface area (TPSA) is 60.9 Å². The first-order chi connectivity index (χ1) is 13.4. The Morgan fingerprint density at radius 3 is 2.43 bits per heavy atom. The molecule has 7 heteroatoms. The van der Waals surface area contributed by atoms with Crippen molar-refractivity contribution in [3.63, 3.8) is 0 Å². The van der Waals surface area contributed by atoms with Crippen molar-refractivity contribution in [3.05, 3.63) is 42.5 Å². The van der Waals surface area contributed by atoms with Gasteiger partial charge in [0, 0.05) is 39.3 Å². The molecule has 4 rings (SSSR count). The molecule has 150 valence electrons. The van der Waals surface area contributed by atoms with Crippen LogP contribution < -0.4 is 0 Å². The van der Waals surface area contributed by atoms with Gasteiger partial charge in [-0.05, 0) is 42.8 Å². The average Bonchev–Trinajstić information content (AvgIpc) is 2.73. The van der Waals surface area contributed by atoms with E-state index in [9.17, 15) is 13.2 Å². The van der Waals surface area contributed by atoms with Crippen molar-refractivity contribution in [1.82, 2.24) is 14.1 Å². The fraction of sp³-hybridized carbons (Fsp3) is 0.476. The Kier molecular flexibility index (Phi) is 5.40. The monoisotopic (exact) mass is 401 g/mol. The standard InChI is InChI=1S/C21H27N3O3S/c1-22-11-13-23(14-12-22)21(25)19-7-4-10-24(16-19)28(26,27)20-9-8-17-5-2-3-6-18(17)15-20/h2-3,5-6,8-9,15,19H,4,7,10-14,16H2,1H3/t19-/m1/s1. The Bertz CT molecular complexity index is 968. The van der Waals surface area contributed by atoms with E-state index in [1.165, 1.54) is 4.31 Å². The average molecular weight is 402 g/mol. The Hall–Kier alpha value is -1.96. The molecule has 0 N–H and O–H groups in total. The number of fused-ring (bicyclic) bond motifs is 1. The number of carbonyl (C=O) groups is 1. The molecular formula is C21H27N3O3S. The maximum absolute atomic E-state index is 13.2. The molecule has 28 heavy (non-hydrogen) atoms.